The average molecular weight is 309 g/mol. The maximum absolute atomic E-state index is 13.8. The van der Waals surface area contributed by atoms with E-state index in [9.17, 15) is 4.39 Å². The largest absolute Gasteiger partial charge is 0.376 e. The van der Waals surface area contributed by atoms with Gasteiger partial charge in [0, 0.05) is 12.7 Å². The highest BCUT2D eigenvalue weighted by Crippen LogP contribution is 2.44. The molecule has 2 unspecified atom stereocenters. The van der Waals surface area contributed by atoms with Crippen molar-refractivity contribution in [2.45, 2.75) is 44.2 Å². The Bertz CT molecular complexity index is 695. The first-order valence-electron chi connectivity index (χ1n) is 7.53. The molecule has 1 aromatic heterocycles. The molecule has 1 aromatic carbocycles. The first-order chi connectivity index (χ1) is 10.2. The second-order valence-corrected chi connectivity index (χ2v) is 6.42. The van der Waals surface area contributed by atoms with Gasteiger partial charge < -0.3 is 9.30 Å². The lowest BCUT2D eigenvalue weighted by Crippen LogP contribution is -2.23. The van der Waals surface area contributed by atoms with Crippen molar-refractivity contribution < 1.29 is 9.13 Å². The number of hydrogen-bond acceptors (Lipinski definition) is 2. The van der Waals surface area contributed by atoms with Gasteiger partial charge in [-0.1, -0.05) is 0 Å². The van der Waals surface area contributed by atoms with Crippen molar-refractivity contribution in [3.63, 3.8) is 0 Å². The third-order valence-electron chi connectivity index (χ3n) is 4.68. The van der Waals surface area contributed by atoms with E-state index in [4.69, 9.17) is 16.3 Å². The molecule has 2 heterocycles. The molecule has 2 fully saturated rings. The SMILES string of the molecule is Cc1cc2c(cc1F)nc(CCl)n2C1CCOC1C1CC1. The van der Waals surface area contributed by atoms with Crippen molar-refractivity contribution in [2.24, 2.45) is 5.92 Å². The van der Waals surface area contributed by atoms with Gasteiger partial charge in [-0.3, -0.25) is 0 Å². The van der Waals surface area contributed by atoms with Crippen molar-refractivity contribution in [1.29, 1.82) is 0 Å². The van der Waals surface area contributed by atoms with E-state index in [0.29, 0.717) is 22.9 Å². The van der Waals surface area contributed by atoms with Gasteiger partial charge in [-0.25, -0.2) is 9.37 Å². The van der Waals surface area contributed by atoms with E-state index in [1.165, 1.54) is 18.9 Å². The number of imidazole rings is 1. The van der Waals surface area contributed by atoms with Gasteiger partial charge in [0.1, 0.15) is 11.6 Å². The van der Waals surface area contributed by atoms with Crippen LogP contribution >= 0.6 is 11.6 Å². The van der Waals surface area contributed by atoms with E-state index in [-0.39, 0.29) is 18.0 Å². The molecule has 2 aromatic rings. The Balaban J connectivity index is 1.87. The molecule has 0 spiro atoms. The normalized spacial score (nSPS) is 25.9. The summed E-state index contributed by atoms with van der Waals surface area (Å²) in [5.74, 6) is 1.61. The molecular formula is C16H18ClFN2O. The number of aryl methyl sites for hydroxylation is 1. The molecule has 1 saturated carbocycles. The van der Waals surface area contributed by atoms with Gasteiger partial charge in [-0.15, -0.1) is 11.6 Å². The lowest BCUT2D eigenvalue weighted by Gasteiger charge is -2.22. The highest BCUT2D eigenvalue weighted by molar-refractivity contribution is 6.16. The lowest BCUT2D eigenvalue weighted by molar-refractivity contribution is 0.0754. The van der Waals surface area contributed by atoms with Crippen LogP contribution in [0.25, 0.3) is 11.0 Å². The molecule has 2 aliphatic rings. The highest BCUT2D eigenvalue weighted by atomic mass is 35.5. The van der Waals surface area contributed by atoms with Crippen LogP contribution in [0, 0.1) is 18.7 Å². The second kappa shape index (κ2) is 4.96. The minimum absolute atomic E-state index is 0.213. The van der Waals surface area contributed by atoms with Crippen LogP contribution in [-0.2, 0) is 10.6 Å². The van der Waals surface area contributed by atoms with Gasteiger partial charge in [-0.05, 0) is 43.7 Å². The number of ether oxygens (including phenoxy) is 1. The topological polar surface area (TPSA) is 27.1 Å². The number of alkyl halides is 1. The fourth-order valence-corrected chi connectivity index (χ4v) is 3.67. The number of nitrogens with zero attached hydrogens (tertiary/aromatic N) is 2. The number of benzene rings is 1. The smallest absolute Gasteiger partial charge is 0.128 e. The molecule has 3 nitrogen and oxygen atoms in total. The van der Waals surface area contributed by atoms with Gasteiger partial charge in [0.25, 0.3) is 0 Å². The predicted octanol–water partition coefficient (Wildman–Crippen LogP) is 3.96. The molecular weight excluding hydrogens is 291 g/mol. The van der Waals surface area contributed by atoms with Gasteiger partial charge in [0.2, 0.25) is 0 Å². The molecule has 0 bridgehead atoms. The maximum atomic E-state index is 13.8. The van der Waals surface area contributed by atoms with Crippen molar-refractivity contribution in [3.8, 4) is 0 Å². The predicted molar refractivity (Wildman–Crippen MR) is 80.1 cm³/mol. The zero-order chi connectivity index (χ0) is 14.6. The van der Waals surface area contributed by atoms with Crippen LogP contribution in [-0.4, -0.2) is 22.3 Å². The van der Waals surface area contributed by atoms with Gasteiger partial charge in [0.15, 0.2) is 0 Å². The summed E-state index contributed by atoms with van der Waals surface area (Å²) in [7, 11) is 0. The van der Waals surface area contributed by atoms with Crippen LogP contribution in [0.4, 0.5) is 4.39 Å². The van der Waals surface area contributed by atoms with Crippen LogP contribution in [0.3, 0.4) is 0 Å². The maximum Gasteiger partial charge on any atom is 0.128 e. The number of rotatable bonds is 3. The minimum atomic E-state index is -0.213. The Morgan fingerprint density at radius 2 is 2.19 bits per heavy atom. The van der Waals surface area contributed by atoms with Crippen LogP contribution in [0.15, 0.2) is 12.1 Å². The number of fused-ring (bicyclic) bond motifs is 1. The fourth-order valence-electron chi connectivity index (χ4n) is 3.49. The molecule has 21 heavy (non-hydrogen) atoms. The van der Waals surface area contributed by atoms with Crippen molar-refractivity contribution in [1.82, 2.24) is 9.55 Å². The fraction of sp³-hybridized carbons (Fsp3) is 0.562. The summed E-state index contributed by atoms with van der Waals surface area (Å²) >= 11 is 6.09. The minimum Gasteiger partial charge on any atom is -0.376 e. The summed E-state index contributed by atoms with van der Waals surface area (Å²) in [5.41, 5.74) is 2.31. The average Bonchev–Trinajstić information content (AvgIpc) is 3.10. The molecule has 1 aliphatic heterocycles. The van der Waals surface area contributed by atoms with Crippen LogP contribution in [0.2, 0.25) is 0 Å². The van der Waals surface area contributed by atoms with E-state index < -0.39 is 0 Å². The standard InChI is InChI=1S/C16H18ClFN2O/c1-9-6-14-12(7-11(9)18)19-15(8-17)20(14)13-4-5-21-16(13)10-2-3-10/h6-7,10,13,16H,2-5,8H2,1H3. The van der Waals surface area contributed by atoms with Gasteiger partial charge in [-0.2, -0.15) is 0 Å². The molecule has 112 valence electrons. The second-order valence-electron chi connectivity index (χ2n) is 6.15. The summed E-state index contributed by atoms with van der Waals surface area (Å²) in [6.07, 6.45) is 3.73. The third kappa shape index (κ3) is 2.16. The van der Waals surface area contributed by atoms with Crippen LogP contribution < -0.4 is 0 Å². The Morgan fingerprint density at radius 3 is 2.90 bits per heavy atom. The highest BCUT2D eigenvalue weighted by Gasteiger charge is 2.42. The Labute approximate surface area is 128 Å². The Kier molecular flexibility index (Phi) is 3.19. The van der Waals surface area contributed by atoms with Crippen molar-refractivity contribution in [2.75, 3.05) is 6.61 Å². The monoisotopic (exact) mass is 308 g/mol. The Hall–Kier alpha value is -1.13. The molecule has 5 heteroatoms. The van der Waals surface area contributed by atoms with Gasteiger partial charge >= 0.3 is 0 Å². The number of halogens is 2. The van der Waals surface area contributed by atoms with E-state index in [2.05, 4.69) is 9.55 Å². The van der Waals surface area contributed by atoms with Crippen LogP contribution in [0.1, 0.15) is 36.7 Å². The summed E-state index contributed by atoms with van der Waals surface area (Å²) in [4.78, 5) is 4.53. The molecule has 0 radical (unpaired) electrons. The summed E-state index contributed by atoms with van der Waals surface area (Å²) in [6.45, 7) is 2.57. The third-order valence-corrected chi connectivity index (χ3v) is 4.92. The van der Waals surface area contributed by atoms with E-state index in [0.717, 1.165) is 24.4 Å². The molecule has 1 aliphatic carbocycles. The van der Waals surface area contributed by atoms with Crippen LogP contribution in [0.5, 0.6) is 0 Å². The molecule has 0 amide bonds. The summed E-state index contributed by atoms with van der Waals surface area (Å²) in [5, 5.41) is 0. The molecule has 1 saturated heterocycles. The quantitative estimate of drug-likeness (QED) is 0.802. The zero-order valence-electron chi connectivity index (χ0n) is 12.0. The zero-order valence-corrected chi connectivity index (χ0v) is 12.7. The first-order valence-corrected chi connectivity index (χ1v) is 8.07. The first kappa shape index (κ1) is 13.5. The lowest BCUT2D eigenvalue weighted by atomic mass is 10.1. The number of aromatic nitrogens is 2. The van der Waals surface area contributed by atoms with Crippen molar-refractivity contribution >= 4 is 22.6 Å². The number of hydrogen-bond donors (Lipinski definition) is 0. The summed E-state index contributed by atoms with van der Waals surface area (Å²) < 4.78 is 21.9. The molecule has 2 atom stereocenters. The van der Waals surface area contributed by atoms with E-state index in [1.807, 2.05) is 6.07 Å². The Morgan fingerprint density at radius 1 is 1.38 bits per heavy atom. The molecule has 0 N–H and O–H groups in total. The van der Waals surface area contributed by atoms with Gasteiger partial charge in [0.05, 0.1) is 29.1 Å². The van der Waals surface area contributed by atoms with E-state index in [1.54, 1.807) is 6.92 Å². The summed E-state index contributed by atoms with van der Waals surface area (Å²) in [6, 6.07) is 3.68. The van der Waals surface area contributed by atoms with E-state index >= 15 is 0 Å². The van der Waals surface area contributed by atoms with Crippen molar-refractivity contribution in [3.05, 3.63) is 29.3 Å². The molecule has 4 rings (SSSR count).